The number of rotatable bonds is 6. The van der Waals surface area contributed by atoms with E-state index in [0.717, 1.165) is 29.1 Å². The molecule has 0 atom stereocenters. The Kier molecular flexibility index (Phi) is 5.01. The molecule has 1 heterocycles. The van der Waals surface area contributed by atoms with Crippen molar-refractivity contribution in [3.63, 3.8) is 0 Å². The molecule has 0 aliphatic heterocycles. The van der Waals surface area contributed by atoms with E-state index in [1.807, 2.05) is 13.8 Å². The average molecular weight is 337 g/mol. The number of aryl methyl sites for hydroxylation is 1. The summed E-state index contributed by atoms with van der Waals surface area (Å²) in [6.07, 6.45) is 1.74. The van der Waals surface area contributed by atoms with E-state index in [0.29, 0.717) is 6.54 Å². The van der Waals surface area contributed by atoms with Gasteiger partial charge in [0.2, 0.25) is 10.0 Å². The van der Waals surface area contributed by atoms with Gasteiger partial charge in [0, 0.05) is 24.8 Å². The lowest BCUT2D eigenvalue weighted by Gasteiger charge is -2.17. The van der Waals surface area contributed by atoms with Gasteiger partial charge < -0.3 is 0 Å². The van der Waals surface area contributed by atoms with Crippen LogP contribution in [0.1, 0.15) is 17.0 Å². The first-order chi connectivity index (χ1) is 10.8. The number of benzene rings is 1. The minimum atomic E-state index is -3.68. The van der Waals surface area contributed by atoms with Gasteiger partial charge in [-0.25, -0.2) is 12.8 Å². The van der Waals surface area contributed by atoms with Crippen LogP contribution >= 0.6 is 0 Å². The van der Waals surface area contributed by atoms with E-state index in [9.17, 15) is 12.8 Å². The lowest BCUT2D eigenvalue weighted by molar-refractivity contribution is 0.464. The minimum Gasteiger partial charge on any atom is -0.265 e. The molecule has 0 amide bonds. The van der Waals surface area contributed by atoms with Gasteiger partial charge >= 0.3 is 0 Å². The number of sulfonamides is 1. The van der Waals surface area contributed by atoms with Gasteiger partial charge in [-0.2, -0.15) is 9.40 Å². The third-order valence-corrected chi connectivity index (χ3v) is 5.55. The molecule has 124 valence electrons. The standard InChI is InChI=1S/C16H20FN3O2S/c1-5-10-20-13(3)16(12(2)18-20)11-19(4)23(21,22)15-8-6-14(17)7-9-15/h5-9H,1,10-11H2,2-4H3. The summed E-state index contributed by atoms with van der Waals surface area (Å²) in [5, 5.41) is 4.39. The maximum absolute atomic E-state index is 13.0. The molecule has 0 saturated carbocycles. The average Bonchev–Trinajstić information content (AvgIpc) is 2.75. The van der Waals surface area contributed by atoms with Crippen LogP contribution in [0, 0.1) is 19.7 Å². The summed E-state index contributed by atoms with van der Waals surface area (Å²) in [5.74, 6) is -0.469. The van der Waals surface area contributed by atoms with E-state index < -0.39 is 15.8 Å². The first-order valence-electron chi connectivity index (χ1n) is 7.13. The predicted octanol–water partition coefficient (Wildman–Crippen LogP) is 2.65. The summed E-state index contributed by atoms with van der Waals surface area (Å²) in [6.45, 7) is 8.21. The van der Waals surface area contributed by atoms with Crippen LogP contribution < -0.4 is 0 Å². The van der Waals surface area contributed by atoms with Gasteiger partial charge in [0.1, 0.15) is 5.82 Å². The fraction of sp³-hybridized carbons (Fsp3) is 0.312. The van der Waals surface area contributed by atoms with Crippen molar-refractivity contribution in [3.8, 4) is 0 Å². The molecule has 0 fully saturated rings. The Bertz CT molecular complexity index is 811. The molecule has 0 radical (unpaired) electrons. The molecule has 7 heteroatoms. The SMILES string of the molecule is C=CCn1nc(C)c(CN(C)S(=O)(=O)c2ccc(F)cc2)c1C. The molecule has 23 heavy (non-hydrogen) atoms. The quantitative estimate of drug-likeness (QED) is 0.762. The Hall–Kier alpha value is -1.99. The number of aromatic nitrogens is 2. The predicted molar refractivity (Wildman–Crippen MR) is 87.0 cm³/mol. The highest BCUT2D eigenvalue weighted by Crippen LogP contribution is 2.20. The maximum atomic E-state index is 13.0. The third kappa shape index (κ3) is 3.51. The van der Waals surface area contributed by atoms with Crippen molar-refractivity contribution < 1.29 is 12.8 Å². The smallest absolute Gasteiger partial charge is 0.243 e. The van der Waals surface area contributed by atoms with Crippen LogP contribution in [-0.2, 0) is 23.1 Å². The van der Waals surface area contributed by atoms with Crippen molar-refractivity contribution in [2.75, 3.05) is 7.05 Å². The molecule has 0 bridgehead atoms. The van der Waals surface area contributed by atoms with E-state index in [4.69, 9.17) is 0 Å². The fourth-order valence-electron chi connectivity index (χ4n) is 2.36. The van der Waals surface area contributed by atoms with Crippen LogP contribution in [0.5, 0.6) is 0 Å². The molecule has 0 unspecified atom stereocenters. The Morgan fingerprint density at radius 3 is 2.48 bits per heavy atom. The van der Waals surface area contributed by atoms with Crippen LogP contribution in [0.4, 0.5) is 4.39 Å². The first kappa shape index (κ1) is 17.4. The molecular weight excluding hydrogens is 317 g/mol. The van der Waals surface area contributed by atoms with Gasteiger partial charge in [-0.05, 0) is 38.1 Å². The van der Waals surface area contributed by atoms with Crippen molar-refractivity contribution in [2.24, 2.45) is 0 Å². The van der Waals surface area contributed by atoms with Gasteiger partial charge in [0.05, 0.1) is 17.1 Å². The van der Waals surface area contributed by atoms with Crippen LogP contribution in [0.25, 0.3) is 0 Å². The second-order valence-corrected chi connectivity index (χ2v) is 7.38. The maximum Gasteiger partial charge on any atom is 0.243 e. The van der Waals surface area contributed by atoms with E-state index in [-0.39, 0.29) is 11.4 Å². The molecule has 2 aromatic rings. The van der Waals surface area contributed by atoms with Crippen molar-refractivity contribution in [3.05, 3.63) is 59.7 Å². The zero-order chi connectivity index (χ0) is 17.2. The number of nitrogens with zero attached hydrogens (tertiary/aromatic N) is 3. The Morgan fingerprint density at radius 1 is 1.30 bits per heavy atom. The lowest BCUT2D eigenvalue weighted by Crippen LogP contribution is -2.27. The van der Waals surface area contributed by atoms with Crippen LogP contribution in [0.3, 0.4) is 0 Å². The minimum absolute atomic E-state index is 0.0650. The van der Waals surface area contributed by atoms with Crippen molar-refractivity contribution >= 4 is 10.0 Å². The zero-order valence-corrected chi connectivity index (χ0v) is 14.3. The van der Waals surface area contributed by atoms with E-state index >= 15 is 0 Å². The van der Waals surface area contributed by atoms with E-state index in [1.165, 1.54) is 23.5 Å². The summed E-state index contributed by atoms with van der Waals surface area (Å²) in [5.41, 5.74) is 2.55. The first-order valence-corrected chi connectivity index (χ1v) is 8.57. The Labute approximate surface area is 136 Å². The number of hydrogen-bond donors (Lipinski definition) is 0. The van der Waals surface area contributed by atoms with Crippen molar-refractivity contribution in [1.82, 2.24) is 14.1 Å². The molecule has 1 aromatic heterocycles. The van der Waals surface area contributed by atoms with Crippen LogP contribution in [0.2, 0.25) is 0 Å². The second-order valence-electron chi connectivity index (χ2n) is 5.34. The molecule has 0 N–H and O–H groups in total. The van der Waals surface area contributed by atoms with Gasteiger partial charge in [0.25, 0.3) is 0 Å². The second kappa shape index (κ2) is 6.64. The molecule has 1 aromatic carbocycles. The van der Waals surface area contributed by atoms with Gasteiger partial charge in [-0.3, -0.25) is 4.68 Å². The largest absolute Gasteiger partial charge is 0.265 e. The summed E-state index contributed by atoms with van der Waals surface area (Å²) >= 11 is 0. The number of hydrogen-bond acceptors (Lipinski definition) is 3. The van der Waals surface area contributed by atoms with Gasteiger partial charge in [-0.15, -0.1) is 6.58 Å². The summed E-state index contributed by atoms with van der Waals surface area (Å²) in [6, 6.07) is 4.81. The summed E-state index contributed by atoms with van der Waals surface area (Å²) in [4.78, 5) is 0.0650. The van der Waals surface area contributed by atoms with E-state index in [2.05, 4.69) is 11.7 Å². The highest BCUT2D eigenvalue weighted by molar-refractivity contribution is 7.89. The van der Waals surface area contributed by atoms with Gasteiger partial charge in [-0.1, -0.05) is 6.08 Å². The molecule has 0 aliphatic rings. The zero-order valence-electron chi connectivity index (χ0n) is 13.5. The molecule has 2 rings (SSSR count). The summed E-state index contributed by atoms with van der Waals surface area (Å²) in [7, 11) is -2.18. The topological polar surface area (TPSA) is 55.2 Å². The molecule has 0 aliphatic carbocycles. The fourth-order valence-corrected chi connectivity index (χ4v) is 3.50. The third-order valence-electron chi connectivity index (χ3n) is 3.74. The molecule has 5 nitrogen and oxygen atoms in total. The number of halogens is 1. The highest BCUT2D eigenvalue weighted by Gasteiger charge is 2.23. The van der Waals surface area contributed by atoms with Crippen molar-refractivity contribution in [2.45, 2.75) is 31.8 Å². The van der Waals surface area contributed by atoms with Crippen LogP contribution in [0.15, 0.2) is 41.8 Å². The summed E-state index contributed by atoms with van der Waals surface area (Å²) < 4.78 is 41.1. The molecular formula is C16H20FN3O2S. The lowest BCUT2D eigenvalue weighted by atomic mass is 10.2. The van der Waals surface area contributed by atoms with Gasteiger partial charge in [0.15, 0.2) is 0 Å². The van der Waals surface area contributed by atoms with Crippen molar-refractivity contribution in [1.29, 1.82) is 0 Å². The molecule has 0 saturated heterocycles. The van der Waals surface area contributed by atoms with Crippen LogP contribution in [-0.4, -0.2) is 29.6 Å². The monoisotopic (exact) mass is 337 g/mol. The normalized spacial score (nSPS) is 11.9. The molecule has 0 spiro atoms. The highest BCUT2D eigenvalue weighted by atomic mass is 32.2. The van der Waals surface area contributed by atoms with E-state index in [1.54, 1.807) is 10.8 Å². The number of allylic oxidation sites excluding steroid dienone is 1. The Morgan fingerprint density at radius 2 is 1.91 bits per heavy atom. The Balaban J connectivity index is 2.29.